The zero-order valence-electron chi connectivity index (χ0n) is 15.3. The van der Waals surface area contributed by atoms with Gasteiger partial charge in [0.05, 0.1) is 0 Å². The first-order valence-electron chi connectivity index (χ1n) is 8.14. The van der Waals surface area contributed by atoms with Gasteiger partial charge in [0.25, 0.3) is 0 Å². The van der Waals surface area contributed by atoms with E-state index >= 15 is 0 Å². The summed E-state index contributed by atoms with van der Waals surface area (Å²) in [6.07, 6.45) is 6.63. The summed E-state index contributed by atoms with van der Waals surface area (Å²) in [6.45, 7) is 21.7. The van der Waals surface area contributed by atoms with E-state index in [1.54, 1.807) is 6.08 Å². The summed E-state index contributed by atoms with van der Waals surface area (Å²) in [7, 11) is 0. The summed E-state index contributed by atoms with van der Waals surface area (Å²) in [5, 5.41) is 0. The van der Waals surface area contributed by atoms with Crippen LogP contribution in [-0.2, 0) is 0 Å². The molecule has 1 aromatic rings. The third-order valence-electron chi connectivity index (χ3n) is 2.47. The van der Waals surface area contributed by atoms with Gasteiger partial charge >= 0.3 is 0 Å². The largest absolute Gasteiger partial charge is 0.0991 e. The minimum Gasteiger partial charge on any atom is -0.0991 e. The van der Waals surface area contributed by atoms with Crippen LogP contribution in [0.3, 0.4) is 0 Å². The highest BCUT2D eigenvalue weighted by Gasteiger charge is 1.93. The van der Waals surface area contributed by atoms with Crippen LogP contribution in [0.15, 0.2) is 67.3 Å². The smallest absolute Gasteiger partial charge is 0.0219 e. The molecule has 0 N–H and O–H groups in total. The third kappa shape index (κ3) is 22.9. The molecule has 0 unspecified atom stereocenters. The van der Waals surface area contributed by atoms with Gasteiger partial charge < -0.3 is 0 Å². The maximum absolute atomic E-state index is 3.63. The molecule has 0 aliphatic rings. The van der Waals surface area contributed by atoms with Gasteiger partial charge in [0.2, 0.25) is 0 Å². The maximum atomic E-state index is 3.63. The second-order valence-corrected chi connectivity index (χ2v) is 4.10. The molecule has 0 saturated heterocycles. The summed E-state index contributed by atoms with van der Waals surface area (Å²) in [5.74, 6) is 0.659. The van der Waals surface area contributed by atoms with E-state index < -0.39 is 0 Å². The van der Waals surface area contributed by atoms with Gasteiger partial charge in [0.15, 0.2) is 0 Å². The van der Waals surface area contributed by atoms with E-state index in [1.807, 2.05) is 45.9 Å². The average molecular weight is 321 g/mol. The van der Waals surface area contributed by atoms with Crippen molar-refractivity contribution in [3.05, 3.63) is 72.9 Å². The van der Waals surface area contributed by atoms with E-state index in [9.17, 15) is 0 Å². The van der Waals surface area contributed by atoms with E-state index in [-0.39, 0.29) is 14.9 Å². The van der Waals surface area contributed by atoms with Gasteiger partial charge in [-0.1, -0.05) is 125 Å². The second-order valence-electron chi connectivity index (χ2n) is 4.10. The van der Waals surface area contributed by atoms with E-state index in [0.717, 1.165) is 6.42 Å². The molecule has 0 nitrogen and oxygen atoms in total. The summed E-state index contributed by atoms with van der Waals surface area (Å²) in [5.41, 5.74) is 2.65. The molecule has 0 radical (unpaired) electrons. The molecule has 0 saturated carbocycles. The molecule has 23 heavy (non-hydrogen) atoms. The molecule has 0 amide bonds. The average Bonchev–Trinajstić information content (AvgIpc) is 2.57. The van der Waals surface area contributed by atoms with Crippen molar-refractivity contribution in [3.8, 4) is 0 Å². The van der Waals surface area contributed by atoms with Gasteiger partial charge in [-0.15, -0.1) is 0 Å². The fourth-order valence-corrected chi connectivity index (χ4v) is 1.32. The molecule has 0 atom stereocenters. The number of allylic oxidation sites excluding steroid dienone is 4. The SMILES string of the molecule is C.C.C=C/C=C(\C=C)CC.CC.CC.CC(C)c1ccccc1. The topological polar surface area (TPSA) is 0 Å². The van der Waals surface area contributed by atoms with Gasteiger partial charge in [-0.25, -0.2) is 0 Å². The molecule has 0 heteroatoms. The number of benzene rings is 1. The van der Waals surface area contributed by atoms with Crippen molar-refractivity contribution >= 4 is 0 Å². The van der Waals surface area contributed by atoms with Crippen LogP contribution in [0.5, 0.6) is 0 Å². The molecule has 0 spiro atoms. The Labute approximate surface area is 149 Å². The van der Waals surface area contributed by atoms with E-state index in [1.165, 1.54) is 11.1 Å². The molecule has 136 valence electrons. The molecule has 0 heterocycles. The highest BCUT2D eigenvalue weighted by atomic mass is 14.0. The number of hydrogen-bond donors (Lipinski definition) is 0. The lowest BCUT2D eigenvalue weighted by atomic mass is 10.0. The Morgan fingerprint density at radius 1 is 0.957 bits per heavy atom. The standard InChI is InChI=1S/C9H12.C8H12.2C2H6.2CH4/c1-8(2)9-6-4-3-5-7-9;1-4-7-8(5-2)6-3;2*1-2;;/h3-8H,1-2H3;4-5,7H,1-2,6H2,3H3;2*1-2H3;2*1H4/b;8-7+;;;;. The monoisotopic (exact) mass is 320 g/mol. The van der Waals surface area contributed by atoms with Gasteiger partial charge in [0.1, 0.15) is 0 Å². The van der Waals surface area contributed by atoms with Crippen LogP contribution in [0.2, 0.25) is 0 Å². The van der Waals surface area contributed by atoms with Crippen molar-refractivity contribution in [2.24, 2.45) is 0 Å². The molecule has 0 aliphatic heterocycles. The van der Waals surface area contributed by atoms with E-state index in [4.69, 9.17) is 0 Å². The van der Waals surface area contributed by atoms with Crippen LogP contribution in [0.4, 0.5) is 0 Å². The third-order valence-corrected chi connectivity index (χ3v) is 2.47. The zero-order valence-corrected chi connectivity index (χ0v) is 15.3. The van der Waals surface area contributed by atoms with Crippen LogP contribution in [-0.4, -0.2) is 0 Å². The quantitative estimate of drug-likeness (QED) is 0.486. The van der Waals surface area contributed by atoms with E-state index in [2.05, 4.69) is 58.2 Å². The van der Waals surface area contributed by atoms with Gasteiger partial charge in [-0.3, -0.25) is 0 Å². The predicted octanol–water partition coefficient (Wildman–Crippen LogP) is 8.83. The highest BCUT2D eigenvalue weighted by molar-refractivity contribution is 5.20. The fraction of sp³-hybridized carbons (Fsp3) is 0.478. The molecule has 0 aromatic heterocycles. The van der Waals surface area contributed by atoms with Crippen LogP contribution in [0.25, 0.3) is 0 Å². The molecular weight excluding hydrogens is 276 g/mol. The lowest BCUT2D eigenvalue weighted by Crippen LogP contribution is -1.83. The fourth-order valence-electron chi connectivity index (χ4n) is 1.32. The zero-order chi connectivity index (χ0) is 17.1. The highest BCUT2D eigenvalue weighted by Crippen LogP contribution is 2.11. The minimum atomic E-state index is 0. The van der Waals surface area contributed by atoms with Gasteiger partial charge in [-0.05, 0) is 23.5 Å². The van der Waals surface area contributed by atoms with E-state index in [0.29, 0.717) is 5.92 Å². The maximum Gasteiger partial charge on any atom is -0.0219 e. The van der Waals surface area contributed by atoms with Gasteiger partial charge in [0, 0.05) is 0 Å². The molecule has 0 aliphatic carbocycles. The van der Waals surface area contributed by atoms with Crippen LogP contribution < -0.4 is 0 Å². The minimum absolute atomic E-state index is 0. The lowest BCUT2D eigenvalue weighted by molar-refractivity contribution is 0.867. The molecule has 1 aromatic carbocycles. The summed E-state index contributed by atoms with van der Waals surface area (Å²) >= 11 is 0. The van der Waals surface area contributed by atoms with Crippen LogP contribution >= 0.6 is 0 Å². The Balaban J connectivity index is -0.0000000723. The Bertz CT molecular complexity index is 342. The Kier molecular flexibility index (Phi) is 41.2. The first kappa shape index (κ1) is 33.1. The second kappa shape index (κ2) is 28.6. The Morgan fingerprint density at radius 2 is 1.39 bits per heavy atom. The summed E-state index contributed by atoms with van der Waals surface area (Å²) < 4.78 is 0. The summed E-state index contributed by atoms with van der Waals surface area (Å²) in [6, 6.07) is 10.5. The lowest BCUT2D eigenvalue weighted by Gasteiger charge is -2.01. The van der Waals surface area contributed by atoms with Crippen molar-refractivity contribution in [1.82, 2.24) is 0 Å². The number of rotatable bonds is 4. The first-order valence-corrected chi connectivity index (χ1v) is 8.14. The molecule has 0 bridgehead atoms. The molecule has 1 rings (SSSR count). The van der Waals surface area contributed by atoms with Crippen LogP contribution in [0, 0.1) is 0 Å². The van der Waals surface area contributed by atoms with Gasteiger partial charge in [-0.2, -0.15) is 0 Å². The number of hydrogen-bond acceptors (Lipinski definition) is 0. The first-order chi connectivity index (χ1) is 10.2. The Hall–Kier alpha value is -1.56. The molecule has 0 fully saturated rings. The molecular formula is C23H44. The van der Waals surface area contributed by atoms with Crippen LogP contribution in [0.1, 0.15) is 81.2 Å². The van der Waals surface area contributed by atoms with Crippen molar-refractivity contribution in [1.29, 1.82) is 0 Å². The van der Waals surface area contributed by atoms with Crippen molar-refractivity contribution in [2.75, 3.05) is 0 Å². The normalized spacial score (nSPS) is 8.26. The summed E-state index contributed by atoms with van der Waals surface area (Å²) in [4.78, 5) is 0. The van der Waals surface area contributed by atoms with Crippen molar-refractivity contribution < 1.29 is 0 Å². The van der Waals surface area contributed by atoms with Crippen molar-refractivity contribution in [3.63, 3.8) is 0 Å². The Morgan fingerprint density at radius 3 is 1.57 bits per heavy atom. The van der Waals surface area contributed by atoms with Crippen molar-refractivity contribution in [2.45, 2.75) is 75.7 Å². The predicted molar refractivity (Wildman–Crippen MR) is 115 cm³/mol.